The first-order valence-corrected chi connectivity index (χ1v) is 9.44. The Bertz CT molecular complexity index is 955. The smallest absolute Gasteiger partial charge is 0.317 e. The van der Waals surface area contributed by atoms with Gasteiger partial charge >= 0.3 is 11.6 Å². The van der Waals surface area contributed by atoms with E-state index in [1.165, 1.54) is 0 Å². The summed E-state index contributed by atoms with van der Waals surface area (Å²) in [6.07, 6.45) is 2.70. The van der Waals surface area contributed by atoms with Crippen LogP contribution in [0.1, 0.15) is 43.2 Å². The molecule has 138 valence electrons. The molecule has 1 unspecified atom stereocenters. The maximum atomic E-state index is 12.9. The van der Waals surface area contributed by atoms with Crippen molar-refractivity contribution in [2.75, 3.05) is 19.6 Å². The summed E-state index contributed by atoms with van der Waals surface area (Å²) in [6.45, 7) is 1.94. The number of imidazole rings is 1. The molecule has 3 heterocycles. The maximum Gasteiger partial charge on any atom is 0.433 e. The minimum atomic E-state index is -0.416. The monoisotopic (exact) mass is 377 g/mol. The van der Waals surface area contributed by atoms with Crippen LogP contribution in [-0.4, -0.2) is 39.4 Å². The number of carbonyl (C=O) groups excluding carboxylic acids is 1. The second-order valence-electron chi connectivity index (χ2n) is 7.22. The average Bonchev–Trinajstić information content (AvgIpc) is 2.90. The SMILES string of the molecule is Cn1c(=O)n(C2CCC(=O)[N+](=O)C2)c2ccc(C3CCNCC3)c(Cl)c21. The Morgan fingerprint density at radius 2 is 1.92 bits per heavy atom. The Morgan fingerprint density at radius 3 is 2.62 bits per heavy atom. The quantitative estimate of drug-likeness (QED) is 0.813. The Hall–Kier alpha value is -1.99. The summed E-state index contributed by atoms with van der Waals surface area (Å²) in [5.74, 6) is -0.0307. The van der Waals surface area contributed by atoms with Crippen LogP contribution in [0.3, 0.4) is 0 Å². The van der Waals surface area contributed by atoms with Crippen molar-refractivity contribution in [2.24, 2.45) is 7.05 Å². The van der Waals surface area contributed by atoms with E-state index in [1.807, 2.05) is 12.1 Å². The summed E-state index contributed by atoms with van der Waals surface area (Å²) in [6, 6.07) is 3.63. The van der Waals surface area contributed by atoms with Crippen molar-refractivity contribution in [3.8, 4) is 0 Å². The van der Waals surface area contributed by atoms with Gasteiger partial charge in [-0.05, 0) is 49.9 Å². The number of benzene rings is 1. The molecule has 1 aromatic carbocycles. The van der Waals surface area contributed by atoms with E-state index in [0.717, 1.165) is 37.0 Å². The molecule has 2 saturated heterocycles. The zero-order valence-electron chi connectivity index (χ0n) is 14.7. The van der Waals surface area contributed by atoms with Gasteiger partial charge in [0.25, 0.3) is 0 Å². The van der Waals surface area contributed by atoms with Gasteiger partial charge in [0.1, 0.15) is 6.04 Å². The summed E-state index contributed by atoms with van der Waals surface area (Å²) in [7, 11) is 1.71. The van der Waals surface area contributed by atoms with E-state index >= 15 is 0 Å². The molecule has 0 bridgehead atoms. The fourth-order valence-electron chi connectivity index (χ4n) is 4.25. The van der Waals surface area contributed by atoms with Crippen molar-refractivity contribution in [1.29, 1.82) is 0 Å². The van der Waals surface area contributed by atoms with E-state index in [0.29, 0.717) is 27.6 Å². The highest BCUT2D eigenvalue weighted by Crippen LogP contribution is 2.36. The number of aromatic nitrogens is 2. The number of piperidine rings is 2. The minimum Gasteiger partial charge on any atom is -0.317 e. The zero-order chi connectivity index (χ0) is 18.4. The number of rotatable bonds is 2. The van der Waals surface area contributed by atoms with Crippen LogP contribution in [0, 0.1) is 4.91 Å². The molecule has 1 amide bonds. The molecule has 1 atom stereocenters. The molecule has 4 rings (SSSR count). The van der Waals surface area contributed by atoms with E-state index in [1.54, 1.807) is 16.2 Å². The van der Waals surface area contributed by atoms with Gasteiger partial charge < -0.3 is 5.32 Å². The van der Waals surface area contributed by atoms with E-state index in [2.05, 4.69) is 5.32 Å². The molecule has 2 aliphatic heterocycles. The van der Waals surface area contributed by atoms with Crippen molar-refractivity contribution >= 4 is 28.5 Å². The molecule has 2 aromatic rings. The first-order chi connectivity index (χ1) is 12.5. The number of aryl methyl sites for hydroxylation is 1. The average molecular weight is 378 g/mol. The number of nitrogens with one attached hydrogen (secondary N) is 1. The van der Waals surface area contributed by atoms with E-state index in [4.69, 9.17) is 11.6 Å². The van der Waals surface area contributed by atoms with Gasteiger partial charge in [-0.25, -0.2) is 9.59 Å². The van der Waals surface area contributed by atoms with E-state index in [9.17, 15) is 14.5 Å². The lowest BCUT2D eigenvalue weighted by Gasteiger charge is -2.24. The van der Waals surface area contributed by atoms with Crippen LogP contribution >= 0.6 is 11.6 Å². The van der Waals surface area contributed by atoms with Gasteiger partial charge in [0.05, 0.1) is 27.2 Å². The largest absolute Gasteiger partial charge is 0.433 e. The lowest BCUT2D eigenvalue weighted by molar-refractivity contribution is -0.482. The number of hydrogen-bond donors (Lipinski definition) is 1. The third-order valence-corrected chi connectivity index (χ3v) is 6.10. The van der Waals surface area contributed by atoms with Gasteiger partial charge in [0, 0.05) is 12.0 Å². The first kappa shape index (κ1) is 17.4. The fraction of sp³-hybridized carbons (Fsp3) is 0.556. The van der Waals surface area contributed by atoms with E-state index in [-0.39, 0.29) is 24.7 Å². The van der Waals surface area contributed by atoms with Gasteiger partial charge in [0.2, 0.25) is 6.54 Å². The third-order valence-electron chi connectivity index (χ3n) is 5.70. The second-order valence-corrected chi connectivity index (χ2v) is 7.60. The molecule has 26 heavy (non-hydrogen) atoms. The summed E-state index contributed by atoms with van der Waals surface area (Å²) >= 11 is 6.74. The summed E-state index contributed by atoms with van der Waals surface area (Å²) in [5.41, 5.74) is 2.32. The van der Waals surface area contributed by atoms with Crippen molar-refractivity contribution in [3.63, 3.8) is 0 Å². The predicted molar refractivity (Wildman–Crippen MR) is 98.8 cm³/mol. The molecule has 7 nitrogen and oxygen atoms in total. The number of hydrogen-bond acceptors (Lipinski definition) is 4. The summed E-state index contributed by atoms with van der Waals surface area (Å²) in [5, 5.41) is 3.98. The van der Waals surface area contributed by atoms with Crippen LogP contribution in [0.2, 0.25) is 5.02 Å². The van der Waals surface area contributed by atoms with Crippen LogP contribution in [0.4, 0.5) is 0 Å². The van der Waals surface area contributed by atoms with Gasteiger partial charge in [-0.15, -0.1) is 0 Å². The molecule has 2 aliphatic rings. The normalized spacial score (nSPS) is 22.3. The van der Waals surface area contributed by atoms with Gasteiger partial charge in [-0.1, -0.05) is 17.7 Å². The number of fused-ring (bicyclic) bond motifs is 1. The number of amides is 1. The van der Waals surface area contributed by atoms with Crippen molar-refractivity contribution < 1.29 is 9.55 Å². The Kier molecular flexibility index (Phi) is 4.44. The highest BCUT2D eigenvalue weighted by atomic mass is 35.5. The van der Waals surface area contributed by atoms with Crippen molar-refractivity contribution in [1.82, 2.24) is 14.5 Å². The fourth-order valence-corrected chi connectivity index (χ4v) is 4.70. The molecule has 8 heteroatoms. The Morgan fingerprint density at radius 1 is 1.19 bits per heavy atom. The van der Waals surface area contributed by atoms with Gasteiger partial charge in [-0.3, -0.25) is 9.13 Å². The maximum absolute atomic E-state index is 12.9. The lowest BCUT2D eigenvalue weighted by atomic mass is 9.90. The van der Waals surface area contributed by atoms with Crippen LogP contribution in [0.5, 0.6) is 0 Å². The lowest BCUT2D eigenvalue weighted by Crippen LogP contribution is -2.36. The molecular formula is C18H22ClN4O3+. The number of nitroso groups, excluding NO2 is 1. The number of nitrogens with zero attached hydrogens (tertiary/aromatic N) is 3. The molecule has 0 spiro atoms. The predicted octanol–water partition coefficient (Wildman–Crippen LogP) is 2.10. The van der Waals surface area contributed by atoms with Gasteiger partial charge in [0.15, 0.2) is 0 Å². The number of carbonyl (C=O) groups is 1. The first-order valence-electron chi connectivity index (χ1n) is 9.06. The zero-order valence-corrected chi connectivity index (χ0v) is 15.5. The molecular weight excluding hydrogens is 356 g/mol. The Labute approximate surface area is 155 Å². The van der Waals surface area contributed by atoms with Crippen LogP contribution < -0.4 is 11.0 Å². The highest BCUT2D eigenvalue weighted by molar-refractivity contribution is 6.35. The third kappa shape index (κ3) is 2.70. The number of halogens is 1. The molecule has 0 aliphatic carbocycles. The van der Waals surface area contributed by atoms with Crippen molar-refractivity contribution in [2.45, 2.75) is 37.6 Å². The molecule has 1 N–H and O–H groups in total. The molecule has 0 saturated carbocycles. The standard InChI is InChI=1S/C18H22ClN4O3/c1-21-17-14(4-3-13(16(17)19)11-6-8-20-9-7-11)23(18(21)25)12-2-5-15(24)22(26)10-12/h3-4,11-12,20H,2,5-10H2,1H3/q+1. The topological polar surface area (TPSA) is 76.1 Å². The van der Waals surface area contributed by atoms with E-state index < -0.39 is 5.91 Å². The second kappa shape index (κ2) is 6.63. The van der Waals surface area contributed by atoms with Crippen molar-refractivity contribution in [3.05, 3.63) is 38.1 Å². The Balaban J connectivity index is 1.82. The minimum absolute atomic E-state index is 0.00547. The summed E-state index contributed by atoms with van der Waals surface area (Å²) < 4.78 is 3.66. The summed E-state index contributed by atoms with van der Waals surface area (Å²) in [4.78, 5) is 36.1. The molecule has 1 aromatic heterocycles. The van der Waals surface area contributed by atoms with Crippen LogP contribution in [0.25, 0.3) is 11.0 Å². The van der Waals surface area contributed by atoms with Gasteiger partial charge in [-0.2, -0.15) is 0 Å². The highest BCUT2D eigenvalue weighted by Gasteiger charge is 2.36. The molecule has 0 radical (unpaired) electrons. The van der Waals surface area contributed by atoms with Crippen LogP contribution in [0.15, 0.2) is 16.9 Å². The van der Waals surface area contributed by atoms with Crippen LogP contribution in [-0.2, 0) is 11.8 Å². The molecule has 2 fully saturated rings.